The second-order valence-corrected chi connectivity index (χ2v) is 9.14. The molecule has 156 valence electrons. The summed E-state index contributed by atoms with van der Waals surface area (Å²) in [6.45, 7) is 10.4. The number of hydrogen-bond acceptors (Lipinski definition) is 1. The molecule has 0 spiro atoms. The monoisotopic (exact) mass is 373 g/mol. The predicted octanol–water partition coefficient (Wildman–Crippen LogP) is 8.28. The van der Waals surface area contributed by atoms with Gasteiger partial charge in [0.15, 0.2) is 0 Å². The zero-order chi connectivity index (χ0) is 19.8. The van der Waals surface area contributed by atoms with Gasteiger partial charge < -0.3 is 5.32 Å². The largest absolute Gasteiger partial charge is 0.307 e. The number of nitrogens with one attached hydrogen (secondary N) is 1. The van der Waals surface area contributed by atoms with Crippen LogP contribution in [0.4, 0.5) is 0 Å². The van der Waals surface area contributed by atoms with Gasteiger partial charge in [-0.15, -0.1) is 0 Å². The summed E-state index contributed by atoms with van der Waals surface area (Å²) in [5.41, 5.74) is 1.58. The third kappa shape index (κ3) is 12.3. The summed E-state index contributed by atoms with van der Waals surface area (Å²) >= 11 is 0. The molecule has 1 unspecified atom stereocenters. The summed E-state index contributed by atoms with van der Waals surface area (Å²) in [4.78, 5) is 0. The van der Waals surface area contributed by atoms with Crippen molar-refractivity contribution in [1.82, 2.24) is 5.32 Å². The molecule has 1 aromatic rings. The van der Waals surface area contributed by atoms with E-state index in [1.54, 1.807) is 0 Å². The second-order valence-electron chi connectivity index (χ2n) is 9.14. The molecule has 1 heteroatoms. The molecule has 0 aliphatic rings. The first-order valence-corrected chi connectivity index (χ1v) is 11.8. The minimum atomic E-state index is 0.202. The highest BCUT2D eigenvalue weighted by atomic mass is 15.0. The van der Waals surface area contributed by atoms with Crippen LogP contribution in [-0.2, 0) is 6.54 Å². The quantitative estimate of drug-likeness (QED) is 0.271. The van der Waals surface area contributed by atoms with E-state index in [1.807, 2.05) is 0 Å². The molecule has 0 saturated carbocycles. The van der Waals surface area contributed by atoms with Crippen LogP contribution in [-0.4, -0.2) is 5.54 Å². The molecule has 0 heterocycles. The Balaban J connectivity index is 1.98. The number of rotatable bonds is 17. The summed E-state index contributed by atoms with van der Waals surface area (Å²) in [5.74, 6) is 0.712. The van der Waals surface area contributed by atoms with Gasteiger partial charge in [-0.1, -0.05) is 121 Å². The Morgan fingerprint density at radius 3 is 1.74 bits per heavy atom. The lowest BCUT2D eigenvalue weighted by molar-refractivity contribution is 0.249. The Morgan fingerprint density at radius 2 is 1.22 bits per heavy atom. The second kappa shape index (κ2) is 15.1. The third-order valence-electron chi connectivity index (χ3n) is 6.31. The molecule has 1 nitrogen and oxygen atoms in total. The minimum Gasteiger partial charge on any atom is -0.307 e. The van der Waals surface area contributed by atoms with E-state index in [1.165, 1.54) is 89.0 Å². The summed E-state index contributed by atoms with van der Waals surface area (Å²) in [6, 6.07) is 10.8. The average Bonchev–Trinajstić information content (AvgIpc) is 2.68. The number of unbranched alkanes of at least 4 members (excludes halogenated alkanes) is 11. The van der Waals surface area contributed by atoms with E-state index in [9.17, 15) is 0 Å². The van der Waals surface area contributed by atoms with E-state index in [0.29, 0.717) is 5.92 Å². The smallest absolute Gasteiger partial charge is 0.0210 e. The lowest BCUT2D eigenvalue weighted by Gasteiger charge is -2.33. The minimum absolute atomic E-state index is 0.202. The summed E-state index contributed by atoms with van der Waals surface area (Å²) in [7, 11) is 0. The summed E-state index contributed by atoms with van der Waals surface area (Å²) < 4.78 is 0. The van der Waals surface area contributed by atoms with Crippen LogP contribution >= 0.6 is 0 Å². The highest BCUT2D eigenvalue weighted by Gasteiger charge is 2.24. The Bertz CT molecular complexity index is 437. The van der Waals surface area contributed by atoms with Crippen molar-refractivity contribution in [1.29, 1.82) is 0 Å². The first kappa shape index (κ1) is 24.2. The fourth-order valence-corrected chi connectivity index (χ4v) is 3.75. The maximum absolute atomic E-state index is 3.77. The van der Waals surface area contributed by atoms with Gasteiger partial charge in [-0.3, -0.25) is 0 Å². The van der Waals surface area contributed by atoms with Gasteiger partial charge in [0.05, 0.1) is 0 Å². The van der Waals surface area contributed by atoms with Crippen molar-refractivity contribution in [3.8, 4) is 0 Å². The van der Waals surface area contributed by atoms with E-state index in [4.69, 9.17) is 0 Å². The molecular weight excluding hydrogens is 326 g/mol. The van der Waals surface area contributed by atoms with Gasteiger partial charge in [-0.25, -0.2) is 0 Å². The SMILES string of the molecule is CCCCCCCCCCCCCCC(C)C(C)(C)NCc1ccccc1. The van der Waals surface area contributed by atoms with Crippen LogP contribution in [0.3, 0.4) is 0 Å². The van der Waals surface area contributed by atoms with E-state index < -0.39 is 0 Å². The first-order valence-electron chi connectivity index (χ1n) is 11.8. The fraction of sp³-hybridized carbons (Fsp3) is 0.769. The van der Waals surface area contributed by atoms with E-state index >= 15 is 0 Å². The van der Waals surface area contributed by atoms with Crippen LogP contribution in [0, 0.1) is 5.92 Å². The molecule has 0 saturated heterocycles. The van der Waals surface area contributed by atoms with Crippen LogP contribution in [0.15, 0.2) is 30.3 Å². The van der Waals surface area contributed by atoms with Crippen molar-refractivity contribution in [2.45, 2.75) is 123 Å². The zero-order valence-corrected chi connectivity index (χ0v) is 18.9. The molecule has 1 rings (SSSR count). The molecule has 0 fully saturated rings. The Labute approximate surface area is 170 Å². The molecule has 1 aromatic carbocycles. The van der Waals surface area contributed by atoms with Crippen LogP contribution < -0.4 is 5.32 Å². The van der Waals surface area contributed by atoms with Gasteiger partial charge in [0.2, 0.25) is 0 Å². The first-order chi connectivity index (χ1) is 13.1. The Hall–Kier alpha value is -0.820. The van der Waals surface area contributed by atoms with E-state index in [2.05, 4.69) is 63.3 Å². The molecule has 0 aromatic heterocycles. The lowest BCUT2D eigenvalue weighted by Crippen LogP contribution is -2.44. The molecule has 1 atom stereocenters. The topological polar surface area (TPSA) is 12.0 Å². The zero-order valence-electron chi connectivity index (χ0n) is 18.9. The van der Waals surface area contributed by atoms with Gasteiger partial charge in [0.1, 0.15) is 0 Å². The molecule has 0 amide bonds. The molecule has 0 aliphatic heterocycles. The fourth-order valence-electron chi connectivity index (χ4n) is 3.75. The number of benzene rings is 1. The normalized spacial score (nSPS) is 13.0. The van der Waals surface area contributed by atoms with Gasteiger partial charge in [0.25, 0.3) is 0 Å². The highest BCUT2D eigenvalue weighted by molar-refractivity contribution is 5.14. The van der Waals surface area contributed by atoms with Crippen molar-refractivity contribution in [3.05, 3.63) is 35.9 Å². The van der Waals surface area contributed by atoms with Crippen molar-refractivity contribution in [2.24, 2.45) is 5.92 Å². The number of hydrogen-bond donors (Lipinski definition) is 1. The van der Waals surface area contributed by atoms with Crippen molar-refractivity contribution < 1.29 is 0 Å². The molecule has 0 radical (unpaired) electrons. The van der Waals surface area contributed by atoms with E-state index in [0.717, 1.165) is 6.54 Å². The van der Waals surface area contributed by atoms with Gasteiger partial charge >= 0.3 is 0 Å². The Morgan fingerprint density at radius 1 is 0.741 bits per heavy atom. The molecule has 0 aliphatic carbocycles. The van der Waals surface area contributed by atoms with Crippen molar-refractivity contribution in [2.75, 3.05) is 0 Å². The van der Waals surface area contributed by atoms with E-state index in [-0.39, 0.29) is 5.54 Å². The lowest BCUT2D eigenvalue weighted by atomic mass is 9.84. The van der Waals surface area contributed by atoms with Crippen LogP contribution in [0.25, 0.3) is 0 Å². The highest BCUT2D eigenvalue weighted by Crippen LogP contribution is 2.23. The predicted molar refractivity (Wildman–Crippen MR) is 122 cm³/mol. The molecule has 0 bridgehead atoms. The molecule has 27 heavy (non-hydrogen) atoms. The maximum Gasteiger partial charge on any atom is 0.0210 e. The third-order valence-corrected chi connectivity index (χ3v) is 6.31. The Kier molecular flexibility index (Phi) is 13.6. The van der Waals surface area contributed by atoms with Crippen molar-refractivity contribution in [3.63, 3.8) is 0 Å². The standard InChI is InChI=1S/C26H47N/c1-5-6-7-8-9-10-11-12-13-14-15-17-20-24(2)26(3,4)27-23-25-21-18-16-19-22-25/h16,18-19,21-22,24,27H,5-15,17,20,23H2,1-4H3. The average molecular weight is 374 g/mol. The summed E-state index contributed by atoms with van der Waals surface area (Å²) in [5, 5.41) is 3.77. The molecule has 1 N–H and O–H groups in total. The maximum atomic E-state index is 3.77. The van der Waals surface area contributed by atoms with Gasteiger partial charge in [-0.2, -0.15) is 0 Å². The van der Waals surface area contributed by atoms with Crippen LogP contribution in [0.2, 0.25) is 0 Å². The van der Waals surface area contributed by atoms with Crippen molar-refractivity contribution >= 4 is 0 Å². The van der Waals surface area contributed by atoms with Gasteiger partial charge in [-0.05, 0) is 31.7 Å². The van der Waals surface area contributed by atoms with Gasteiger partial charge in [0, 0.05) is 12.1 Å². The van der Waals surface area contributed by atoms with Crippen LogP contribution in [0.1, 0.15) is 117 Å². The summed E-state index contributed by atoms with van der Waals surface area (Å²) in [6.07, 6.45) is 18.5. The molecular formula is C26H47N. The van der Waals surface area contributed by atoms with Crippen LogP contribution in [0.5, 0.6) is 0 Å².